The van der Waals surface area contributed by atoms with E-state index in [-0.39, 0.29) is 0 Å². The smallest absolute Gasteiger partial charge is 0.123 e. The maximum absolute atomic E-state index is 6.30. The highest BCUT2D eigenvalue weighted by atomic mass is 16.5. The summed E-state index contributed by atoms with van der Waals surface area (Å²) in [4.78, 5) is 5.05. The van der Waals surface area contributed by atoms with Crippen molar-refractivity contribution in [3.63, 3.8) is 0 Å². The Hall–Kier alpha value is -1.57. The fraction of sp³-hybridized carbons (Fsp3) is 0.654. The number of aliphatic imine (C=N–C) groups is 1. The summed E-state index contributed by atoms with van der Waals surface area (Å²) >= 11 is 0. The third kappa shape index (κ3) is 3.33. The largest absolute Gasteiger partial charge is 0.490 e. The summed E-state index contributed by atoms with van der Waals surface area (Å²) in [6, 6.07) is 0.498. The van der Waals surface area contributed by atoms with Crippen LogP contribution >= 0.6 is 0 Å². The second-order valence-corrected chi connectivity index (χ2v) is 9.85. The number of nitrogens with zero attached hydrogens (tertiary/aromatic N) is 1. The molecule has 0 N–H and O–H groups in total. The Kier molecular flexibility index (Phi) is 5.07. The van der Waals surface area contributed by atoms with Crippen LogP contribution in [-0.2, 0) is 4.74 Å². The summed E-state index contributed by atoms with van der Waals surface area (Å²) in [5, 5.41) is 0. The van der Waals surface area contributed by atoms with Crippen LogP contribution in [0.3, 0.4) is 0 Å². The van der Waals surface area contributed by atoms with Crippen molar-refractivity contribution in [2.45, 2.75) is 77.4 Å². The molecular formula is C26H35NO. The average molecular weight is 378 g/mol. The predicted molar refractivity (Wildman–Crippen MR) is 116 cm³/mol. The highest BCUT2D eigenvalue weighted by Crippen LogP contribution is 2.47. The Morgan fingerprint density at radius 3 is 2.79 bits per heavy atom. The van der Waals surface area contributed by atoms with Gasteiger partial charge in [-0.05, 0) is 74.3 Å². The monoisotopic (exact) mass is 377 g/mol. The molecule has 0 amide bonds. The Bertz CT molecular complexity index is 752. The molecule has 0 spiro atoms. The van der Waals surface area contributed by atoms with Gasteiger partial charge in [-0.15, -0.1) is 0 Å². The van der Waals surface area contributed by atoms with Crippen molar-refractivity contribution in [3.8, 4) is 0 Å². The molecule has 0 aromatic carbocycles. The SMILES string of the molecule is CC(C)C1CC(C2C=CCCC2)C(C2=CC3=C(CC2)OC2C=CCCC32)C=N1. The standard InChI is InChI=1S/C26H35NO/c1-17(2)24-15-21(18-8-4-3-5-9-18)23(16-27-24)19-12-13-26-22(14-19)20-10-6-7-11-25(20)28-26/h4,7-8,11,14,16-18,20-21,23-25H,3,5-6,9-10,12-13,15H2,1-2H3. The van der Waals surface area contributed by atoms with Crippen molar-refractivity contribution >= 4 is 6.21 Å². The van der Waals surface area contributed by atoms with Gasteiger partial charge in [0.25, 0.3) is 0 Å². The van der Waals surface area contributed by atoms with Crippen LogP contribution in [0.2, 0.25) is 0 Å². The van der Waals surface area contributed by atoms with E-state index < -0.39 is 0 Å². The minimum Gasteiger partial charge on any atom is -0.490 e. The minimum atomic E-state index is 0.303. The lowest BCUT2D eigenvalue weighted by atomic mass is 9.68. The fourth-order valence-corrected chi connectivity index (χ4v) is 6.13. The molecule has 3 aliphatic carbocycles. The molecule has 150 valence electrons. The van der Waals surface area contributed by atoms with E-state index in [1.807, 2.05) is 0 Å². The first-order chi connectivity index (χ1) is 13.7. The molecule has 6 unspecified atom stereocenters. The molecule has 2 nitrogen and oxygen atoms in total. The third-order valence-electron chi connectivity index (χ3n) is 7.80. The maximum atomic E-state index is 6.30. The number of allylic oxidation sites excluding steroid dienone is 6. The summed E-state index contributed by atoms with van der Waals surface area (Å²) in [6.07, 6.45) is 24.7. The van der Waals surface area contributed by atoms with E-state index in [9.17, 15) is 0 Å². The lowest BCUT2D eigenvalue weighted by molar-refractivity contribution is 0.139. The van der Waals surface area contributed by atoms with Crippen LogP contribution in [0, 0.1) is 29.6 Å². The summed E-state index contributed by atoms with van der Waals surface area (Å²) in [7, 11) is 0. The zero-order valence-corrected chi connectivity index (χ0v) is 17.5. The molecule has 0 aromatic rings. The number of rotatable bonds is 3. The molecule has 0 radical (unpaired) electrons. The Morgan fingerprint density at radius 1 is 1.07 bits per heavy atom. The first kappa shape index (κ1) is 18.5. The third-order valence-corrected chi connectivity index (χ3v) is 7.80. The molecule has 2 heterocycles. The molecule has 6 atom stereocenters. The molecule has 0 aromatic heterocycles. The predicted octanol–water partition coefficient (Wildman–Crippen LogP) is 6.41. The van der Waals surface area contributed by atoms with Crippen molar-refractivity contribution in [1.82, 2.24) is 0 Å². The van der Waals surface area contributed by atoms with Crippen molar-refractivity contribution in [2.75, 3.05) is 0 Å². The molecule has 2 heteroatoms. The van der Waals surface area contributed by atoms with Crippen LogP contribution < -0.4 is 0 Å². The van der Waals surface area contributed by atoms with Crippen LogP contribution in [-0.4, -0.2) is 18.4 Å². The zero-order chi connectivity index (χ0) is 19.1. The van der Waals surface area contributed by atoms with E-state index in [1.54, 1.807) is 5.57 Å². The molecule has 5 aliphatic rings. The highest BCUT2D eigenvalue weighted by Gasteiger charge is 2.40. The topological polar surface area (TPSA) is 21.6 Å². The maximum Gasteiger partial charge on any atom is 0.123 e. The van der Waals surface area contributed by atoms with Gasteiger partial charge in [0.2, 0.25) is 0 Å². The summed E-state index contributed by atoms with van der Waals surface area (Å²) in [6.45, 7) is 4.67. The molecule has 28 heavy (non-hydrogen) atoms. The number of hydrogen-bond acceptors (Lipinski definition) is 2. The second-order valence-electron chi connectivity index (χ2n) is 9.85. The van der Waals surface area contributed by atoms with Gasteiger partial charge in [0.05, 0.1) is 6.04 Å². The van der Waals surface area contributed by atoms with Crippen molar-refractivity contribution in [2.24, 2.45) is 34.6 Å². The van der Waals surface area contributed by atoms with Gasteiger partial charge in [-0.2, -0.15) is 0 Å². The van der Waals surface area contributed by atoms with Gasteiger partial charge in [-0.1, -0.05) is 43.7 Å². The molecule has 5 rings (SSSR count). The molecule has 0 bridgehead atoms. The first-order valence-electron chi connectivity index (χ1n) is 11.7. The fourth-order valence-electron chi connectivity index (χ4n) is 6.13. The van der Waals surface area contributed by atoms with Crippen LogP contribution in [0.1, 0.15) is 65.2 Å². The Balaban J connectivity index is 1.44. The molecule has 0 saturated heterocycles. The number of hydrogen-bond donors (Lipinski definition) is 0. The lowest BCUT2D eigenvalue weighted by Gasteiger charge is -2.39. The lowest BCUT2D eigenvalue weighted by Crippen LogP contribution is -2.35. The summed E-state index contributed by atoms with van der Waals surface area (Å²) in [5.74, 6) is 4.49. The molecular weight excluding hydrogens is 342 g/mol. The van der Waals surface area contributed by atoms with Crippen LogP contribution in [0.5, 0.6) is 0 Å². The van der Waals surface area contributed by atoms with Crippen molar-refractivity contribution < 1.29 is 4.74 Å². The van der Waals surface area contributed by atoms with E-state index in [0.717, 1.165) is 24.7 Å². The van der Waals surface area contributed by atoms with E-state index in [4.69, 9.17) is 9.73 Å². The van der Waals surface area contributed by atoms with Gasteiger partial charge in [0.1, 0.15) is 11.9 Å². The Labute approximate surface area is 170 Å². The molecule has 0 saturated carbocycles. The van der Waals surface area contributed by atoms with Gasteiger partial charge in [-0.25, -0.2) is 0 Å². The summed E-state index contributed by atoms with van der Waals surface area (Å²) in [5.41, 5.74) is 3.15. The summed E-state index contributed by atoms with van der Waals surface area (Å²) < 4.78 is 6.30. The van der Waals surface area contributed by atoms with Crippen LogP contribution in [0.25, 0.3) is 0 Å². The molecule has 0 fully saturated rings. The quantitative estimate of drug-likeness (QED) is 0.520. The van der Waals surface area contributed by atoms with E-state index >= 15 is 0 Å². The van der Waals surface area contributed by atoms with Crippen LogP contribution in [0.4, 0.5) is 0 Å². The molecule has 2 aliphatic heterocycles. The van der Waals surface area contributed by atoms with Gasteiger partial charge in [0, 0.05) is 24.5 Å². The van der Waals surface area contributed by atoms with Crippen molar-refractivity contribution in [3.05, 3.63) is 47.3 Å². The minimum absolute atomic E-state index is 0.303. The van der Waals surface area contributed by atoms with Gasteiger partial charge >= 0.3 is 0 Å². The normalized spacial score (nSPS) is 39.6. The van der Waals surface area contributed by atoms with Gasteiger partial charge in [0.15, 0.2) is 0 Å². The van der Waals surface area contributed by atoms with E-state index in [1.165, 1.54) is 49.9 Å². The van der Waals surface area contributed by atoms with Crippen molar-refractivity contribution in [1.29, 1.82) is 0 Å². The Morgan fingerprint density at radius 2 is 1.96 bits per heavy atom. The van der Waals surface area contributed by atoms with Gasteiger partial charge < -0.3 is 4.74 Å². The van der Waals surface area contributed by atoms with Gasteiger partial charge in [-0.3, -0.25) is 4.99 Å². The first-order valence-corrected chi connectivity index (χ1v) is 11.7. The number of fused-ring (bicyclic) bond motifs is 2. The van der Waals surface area contributed by atoms with Crippen LogP contribution in [0.15, 0.2) is 52.3 Å². The number of ether oxygens (including phenoxy) is 1. The van der Waals surface area contributed by atoms with E-state index in [0.29, 0.717) is 29.9 Å². The zero-order valence-electron chi connectivity index (χ0n) is 17.5. The van der Waals surface area contributed by atoms with E-state index in [2.05, 4.69) is 50.4 Å². The highest BCUT2D eigenvalue weighted by molar-refractivity contribution is 5.68. The second kappa shape index (κ2) is 7.69. The average Bonchev–Trinajstić information content (AvgIpc) is 3.12.